The zero-order valence-corrected chi connectivity index (χ0v) is 6.25. The number of aliphatic hydroxyl groups is 2. The summed E-state index contributed by atoms with van der Waals surface area (Å²) in [5, 5.41) is 18.0. The predicted octanol–water partition coefficient (Wildman–Crippen LogP) is -0.0477. The molecule has 0 saturated carbocycles. The summed E-state index contributed by atoms with van der Waals surface area (Å²) in [7, 11) is 0. The van der Waals surface area contributed by atoms with Crippen molar-refractivity contribution in [2.24, 2.45) is 0 Å². The molecule has 2 unspecified atom stereocenters. The first-order valence-electron chi connectivity index (χ1n) is 2.84. The van der Waals surface area contributed by atoms with Crippen LogP contribution in [0, 0.1) is 0 Å². The number of rotatable bonds is 2. The SMILES string of the molecule is CC(O)C(O)c1ncsn1. The molecule has 0 spiro atoms. The highest BCUT2D eigenvalue weighted by molar-refractivity contribution is 7.03. The van der Waals surface area contributed by atoms with E-state index in [0.29, 0.717) is 5.82 Å². The van der Waals surface area contributed by atoms with Crippen molar-refractivity contribution in [3.63, 3.8) is 0 Å². The van der Waals surface area contributed by atoms with Gasteiger partial charge in [0.05, 0.1) is 6.10 Å². The fourth-order valence-corrected chi connectivity index (χ4v) is 0.990. The van der Waals surface area contributed by atoms with Crippen LogP contribution in [0.5, 0.6) is 0 Å². The molecule has 0 aliphatic heterocycles. The Morgan fingerprint density at radius 1 is 1.60 bits per heavy atom. The van der Waals surface area contributed by atoms with Crippen LogP contribution in [0.3, 0.4) is 0 Å². The molecule has 0 bridgehead atoms. The molecule has 0 fully saturated rings. The van der Waals surface area contributed by atoms with Crippen LogP contribution in [0.4, 0.5) is 0 Å². The second kappa shape index (κ2) is 3.05. The number of hydrogen-bond donors (Lipinski definition) is 2. The molecular weight excluding hydrogens is 152 g/mol. The van der Waals surface area contributed by atoms with Gasteiger partial charge in [-0.15, -0.1) is 0 Å². The highest BCUT2D eigenvalue weighted by atomic mass is 32.1. The number of hydrogen-bond acceptors (Lipinski definition) is 5. The van der Waals surface area contributed by atoms with Crippen molar-refractivity contribution in [1.82, 2.24) is 9.36 Å². The first-order valence-corrected chi connectivity index (χ1v) is 3.68. The summed E-state index contributed by atoms with van der Waals surface area (Å²) in [5.41, 5.74) is 1.51. The molecule has 0 amide bonds. The van der Waals surface area contributed by atoms with Crippen LogP contribution in [0.2, 0.25) is 0 Å². The largest absolute Gasteiger partial charge is 0.390 e. The summed E-state index contributed by atoms with van der Waals surface area (Å²) in [6.45, 7) is 1.49. The molecule has 0 radical (unpaired) electrons. The molecule has 1 aromatic heterocycles. The van der Waals surface area contributed by atoms with E-state index in [1.165, 1.54) is 12.4 Å². The van der Waals surface area contributed by atoms with E-state index in [-0.39, 0.29) is 0 Å². The topological polar surface area (TPSA) is 66.2 Å². The highest BCUT2D eigenvalue weighted by Gasteiger charge is 2.16. The molecule has 2 N–H and O–H groups in total. The molecule has 2 atom stereocenters. The van der Waals surface area contributed by atoms with Gasteiger partial charge in [0.1, 0.15) is 11.6 Å². The van der Waals surface area contributed by atoms with E-state index >= 15 is 0 Å². The van der Waals surface area contributed by atoms with Crippen LogP contribution in [0.1, 0.15) is 18.9 Å². The molecule has 0 aliphatic carbocycles. The Morgan fingerprint density at radius 3 is 2.70 bits per heavy atom. The second-order valence-electron chi connectivity index (χ2n) is 1.97. The van der Waals surface area contributed by atoms with E-state index in [2.05, 4.69) is 9.36 Å². The van der Waals surface area contributed by atoms with Crippen molar-refractivity contribution in [2.75, 3.05) is 0 Å². The second-order valence-corrected chi connectivity index (χ2v) is 2.58. The van der Waals surface area contributed by atoms with Crippen molar-refractivity contribution < 1.29 is 10.2 Å². The summed E-state index contributed by atoms with van der Waals surface area (Å²) >= 11 is 1.15. The average molecular weight is 160 g/mol. The maximum absolute atomic E-state index is 9.12. The van der Waals surface area contributed by atoms with Crippen molar-refractivity contribution in [1.29, 1.82) is 0 Å². The van der Waals surface area contributed by atoms with Gasteiger partial charge in [-0.3, -0.25) is 0 Å². The molecule has 1 aromatic rings. The molecule has 4 nitrogen and oxygen atoms in total. The van der Waals surface area contributed by atoms with Crippen molar-refractivity contribution >= 4 is 11.5 Å². The molecule has 56 valence electrons. The van der Waals surface area contributed by atoms with E-state index < -0.39 is 12.2 Å². The Balaban J connectivity index is 2.68. The standard InChI is InChI=1S/C5H8N2O2S/c1-3(8)4(9)5-6-2-10-7-5/h2-4,8-9H,1H3. The van der Waals surface area contributed by atoms with Crippen LogP contribution >= 0.6 is 11.5 Å². The Bertz CT molecular complexity index is 188. The summed E-state index contributed by atoms with van der Waals surface area (Å²) < 4.78 is 3.76. The lowest BCUT2D eigenvalue weighted by atomic mass is 10.2. The summed E-state index contributed by atoms with van der Waals surface area (Å²) in [6, 6.07) is 0. The van der Waals surface area contributed by atoms with Gasteiger partial charge in [0.25, 0.3) is 0 Å². The maximum atomic E-state index is 9.12. The van der Waals surface area contributed by atoms with E-state index in [0.717, 1.165) is 11.5 Å². The number of aliphatic hydroxyl groups excluding tert-OH is 2. The first kappa shape index (κ1) is 7.59. The quantitative estimate of drug-likeness (QED) is 0.636. The van der Waals surface area contributed by atoms with Crippen molar-refractivity contribution in [2.45, 2.75) is 19.1 Å². The number of nitrogens with zero attached hydrogens (tertiary/aromatic N) is 2. The van der Waals surface area contributed by atoms with Gasteiger partial charge < -0.3 is 10.2 Å². The van der Waals surface area contributed by atoms with Crippen LogP contribution < -0.4 is 0 Å². The van der Waals surface area contributed by atoms with Gasteiger partial charge in [-0.05, 0) is 18.5 Å². The van der Waals surface area contributed by atoms with E-state index in [1.54, 1.807) is 0 Å². The van der Waals surface area contributed by atoms with Gasteiger partial charge >= 0.3 is 0 Å². The Kier molecular flexibility index (Phi) is 2.31. The lowest BCUT2D eigenvalue weighted by Crippen LogP contribution is -2.14. The lowest BCUT2D eigenvalue weighted by molar-refractivity contribution is 0.0256. The fourth-order valence-electron chi connectivity index (χ4n) is 0.525. The Labute approximate surface area is 62.3 Å². The molecule has 1 rings (SSSR count). The van der Waals surface area contributed by atoms with Crippen LogP contribution in [-0.4, -0.2) is 25.7 Å². The summed E-state index contributed by atoms with van der Waals surface area (Å²) in [6.07, 6.45) is -1.76. The third-order valence-electron chi connectivity index (χ3n) is 1.10. The van der Waals surface area contributed by atoms with Crippen LogP contribution in [-0.2, 0) is 0 Å². The van der Waals surface area contributed by atoms with E-state index in [4.69, 9.17) is 10.2 Å². The Hall–Kier alpha value is -0.520. The van der Waals surface area contributed by atoms with Crippen LogP contribution in [0.25, 0.3) is 0 Å². The minimum Gasteiger partial charge on any atom is -0.390 e. The lowest BCUT2D eigenvalue weighted by Gasteiger charge is -2.07. The summed E-state index contributed by atoms with van der Waals surface area (Å²) in [4.78, 5) is 3.73. The van der Waals surface area contributed by atoms with Crippen molar-refractivity contribution in [3.05, 3.63) is 11.3 Å². The minimum atomic E-state index is -0.953. The zero-order chi connectivity index (χ0) is 7.56. The van der Waals surface area contributed by atoms with E-state index in [9.17, 15) is 0 Å². The maximum Gasteiger partial charge on any atom is 0.173 e. The minimum absolute atomic E-state index is 0.292. The third-order valence-corrected chi connectivity index (χ3v) is 1.59. The van der Waals surface area contributed by atoms with Gasteiger partial charge in [0.2, 0.25) is 0 Å². The predicted molar refractivity (Wildman–Crippen MR) is 36.5 cm³/mol. The molecule has 0 aliphatic rings. The van der Waals surface area contributed by atoms with Gasteiger partial charge in [0, 0.05) is 0 Å². The van der Waals surface area contributed by atoms with E-state index in [1.807, 2.05) is 0 Å². The normalized spacial score (nSPS) is 16.7. The molecule has 1 heterocycles. The first-order chi connectivity index (χ1) is 4.72. The highest BCUT2D eigenvalue weighted by Crippen LogP contribution is 2.11. The smallest absolute Gasteiger partial charge is 0.173 e. The van der Waals surface area contributed by atoms with Gasteiger partial charge in [0.15, 0.2) is 5.82 Å². The monoisotopic (exact) mass is 160 g/mol. The fraction of sp³-hybridized carbons (Fsp3) is 0.600. The number of aromatic nitrogens is 2. The molecule has 0 aromatic carbocycles. The van der Waals surface area contributed by atoms with Gasteiger partial charge in [-0.1, -0.05) is 0 Å². The average Bonchev–Trinajstić information content (AvgIpc) is 2.36. The summed E-state index contributed by atoms with van der Waals surface area (Å²) in [5.74, 6) is 0.292. The third kappa shape index (κ3) is 1.50. The van der Waals surface area contributed by atoms with Crippen LogP contribution in [0.15, 0.2) is 5.51 Å². The van der Waals surface area contributed by atoms with Crippen molar-refractivity contribution in [3.8, 4) is 0 Å². The molecule has 5 heteroatoms. The Morgan fingerprint density at radius 2 is 2.30 bits per heavy atom. The molecule has 10 heavy (non-hydrogen) atoms. The molecular formula is C5H8N2O2S. The van der Waals surface area contributed by atoms with Gasteiger partial charge in [-0.2, -0.15) is 4.37 Å². The van der Waals surface area contributed by atoms with Gasteiger partial charge in [-0.25, -0.2) is 4.98 Å². The zero-order valence-electron chi connectivity index (χ0n) is 5.43. The molecule has 0 saturated heterocycles.